The quantitative estimate of drug-likeness (QED) is 0.723. The van der Waals surface area contributed by atoms with Crippen LogP contribution in [0.4, 0.5) is 0 Å². The number of ether oxygens (including phenoxy) is 2. The number of hydrogen-bond donors (Lipinski definition) is 1. The molecule has 0 amide bonds. The fourth-order valence-electron chi connectivity index (χ4n) is 2.33. The minimum atomic E-state index is 0.0903. The lowest BCUT2D eigenvalue weighted by molar-refractivity contribution is 0.163. The molecule has 1 heterocycles. The summed E-state index contributed by atoms with van der Waals surface area (Å²) in [5.74, 6) is 0.858. The Morgan fingerprint density at radius 1 is 1.39 bits per heavy atom. The van der Waals surface area contributed by atoms with Gasteiger partial charge in [0, 0.05) is 26.9 Å². The van der Waals surface area contributed by atoms with Gasteiger partial charge in [0.15, 0.2) is 0 Å². The van der Waals surface area contributed by atoms with Crippen LogP contribution in [0.1, 0.15) is 24.2 Å². The lowest BCUT2D eigenvalue weighted by atomic mass is 10.1. The molecule has 0 aliphatic heterocycles. The van der Waals surface area contributed by atoms with Gasteiger partial charge in [0.05, 0.1) is 18.3 Å². The summed E-state index contributed by atoms with van der Waals surface area (Å²) in [6, 6.07) is 10.2. The van der Waals surface area contributed by atoms with Crippen molar-refractivity contribution in [2.45, 2.75) is 19.5 Å². The molecule has 0 spiro atoms. The molecule has 1 aromatic carbocycles. The summed E-state index contributed by atoms with van der Waals surface area (Å²) in [5, 5.41) is 7.74. The number of hydrogen-bond acceptors (Lipinski definition) is 4. The van der Waals surface area contributed by atoms with Crippen LogP contribution in [0.2, 0.25) is 0 Å². The van der Waals surface area contributed by atoms with Crippen LogP contribution in [0.25, 0.3) is 0 Å². The SMILES string of the molecule is C=C(C)COc1cccc(CN[C@@H](COC)c2ccnn2C)c1. The zero-order valence-corrected chi connectivity index (χ0v) is 14.1. The molecular weight excluding hydrogens is 290 g/mol. The molecule has 2 rings (SSSR count). The monoisotopic (exact) mass is 315 g/mol. The summed E-state index contributed by atoms with van der Waals surface area (Å²) >= 11 is 0. The first-order chi connectivity index (χ1) is 11.1. The summed E-state index contributed by atoms with van der Waals surface area (Å²) < 4.78 is 12.9. The van der Waals surface area contributed by atoms with Gasteiger partial charge in [-0.1, -0.05) is 18.7 Å². The van der Waals surface area contributed by atoms with Crippen molar-refractivity contribution in [1.82, 2.24) is 15.1 Å². The second kappa shape index (κ2) is 8.50. The van der Waals surface area contributed by atoms with Crippen molar-refractivity contribution in [3.05, 3.63) is 59.9 Å². The van der Waals surface area contributed by atoms with E-state index in [4.69, 9.17) is 9.47 Å². The summed E-state index contributed by atoms with van der Waals surface area (Å²) in [6.07, 6.45) is 1.80. The van der Waals surface area contributed by atoms with E-state index in [9.17, 15) is 0 Å². The Balaban J connectivity index is 1.99. The minimum Gasteiger partial charge on any atom is -0.489 e. The molecule has 5 nitrogen and oxygen atoms in total. The molecule has 1 N–H and O–H groups in total. The van der Waals surface area contributed by atoms with Gasteiger partial charge in [-0.15, -0.1) is 0 Å². The molecule has 0 aliphatic rings. The van der Waals surface area contributed by atoms with E-state index >= 15 is 0 Å². The number of nitrogens with zero attached hydrogens (tertiary/aromatic N) is 2. The van der Waals surface area contributed by atoms with Crippen molar-refractivity contribution in [2.24, 2.45) is 7.05 Å². The van der Waals surface area contributed by atoms with Crippen LogP contribution in [0, 0.1) is 0 Å². The van der Waals surface area contributed by atoms with E-state index in [0.717, 1.165) is 29.1 Å². The number of nitrogens with one attached hydrogen (secondary N) is 1. The Labute approximate surface area is 137 Å². The van der Waals surface area contributed by atoms with E-state index in [2.05, 4.69) is 23.1 Å². The van der Waals surface area contributed by atoms with E-state index in [0.29, 0.717) is 13.2 Å². The smallest absolute Gasteiger partial charge is 0.120 e. The van der Waals surface area contributed by atoms with Gasteiger partial charge >= 0.3 is 0 Å². The zero-order chi connectivity index (χ0) is 16.7. The van der Waals surface area contributed by atoms with Crippen LogP contribution in [0.5, 0.6) is 5.75 Å². The molecule has 0 saturated carbocycles. The Hall–Kier alpha value is -2.11. The molecule has 0 aliphatic carbocycles. The first kappa shape index (κ1) is 17.2. The van der Waals surface area contributed by atoms with Crippen molar-refractivity contribution >= 4 is 0 Å². The van der Waals surface area contributed by atoms with E-state index in [1.54, 1.807) is 13.3 Å². The van der Waals surface area contributed by atoms with Crippen molar-refractivity contribution in [3.63, 3.8) is 0 Å². The molecule has 2 aromatic rings. The number of aryl methyl sites for hydroxylation is 1. The Bertz CT molecular complexity index is 637. The van der Waals surface area contributed by atoms with Crippen molar-refractivity contribution in [3.8, 4) is 5.75 Å². The third kappa shape index (κ3) is 5.23. The molecular formula is C18H25N3O2. The lowest BCUT2D eigenvalue weighted by Crippen LogP contribution is -2.26. The summed E-state index contributed by atoms with van der Waals surface area (Å²) in [5.41, 5.74) is 3.26. The maximum absolute atomic E-state index is 5.69. The number of rotatable bonds is 9. The molecule has 0 radical (unpaired) electrons. The largest absolute Gasteiger partial charge is 0.489 e. The van der Waals surface area contributed by atoms with Crippen LogP contribution in [0.15, 0.2) is 48.7 Å². The molecule has 124 valence electrons. The standard InChI is InChI=1S/C18H25N3O2/c1-14(2)12-23-16-7-5-6-15(10-16)11-19-17(13-22-4)18-8-9-20-21(18)3/h5-10,17,19H,1,11-13H2,2-4H3/t17-/m0/s1. The van der Waals surface area contributed by atoms with Gasteiger partial charge in [-0.3, -0.25) is 4.68 Å². The molecule has 0 fully saturated rings. The summed E-state index contributed by atoms with van der Waals surface area (Å²) in [7, 11) is 3.64. The lowest BCUT2D eigenvalue weighted by Gasteiger charge is -2.18. The van der Waals surface area contributed by atoms with Crippen LogP contribution in [-0.4, -0.2) is 30.1 Å². The molecule has 5 heteroatoms. The molecule has 1 atom stereocenters. The number of benzene rings is 1. The van der Waals surface area contributed by atoms with Crippen LogP contribution in [0.3, 0.4) is 0 Å². The highest BCUT2D eigenvalue weighted by atomic mass is 16.5. The number of methoxy groups -OCH3 is 1. The second-order valence-electron chi connectivity index (χ2n) is 5.66. The minimum absolute atomic E-state index is 0.0903. The van der Waals surface area contributed by atoms with Gasteiger partial charge < -0.3 is 14.8 Å². The third-order valence-corrected chi connectivity index (χ3v) is 3.49. The topological polar surface area (TPSA) is 48.3 Å². The van der Waals surface area contributed by atoms with Crippen molar-refractivity contribution in [1.29, 1.82) is 0 Å². The Kier molecular flexibility index (Phi) is 6.38. The third-order valence-electron chi connectivity index (χ3n) is 3.49. The molecule has 23 heavy (non-hydrogen) atoms. The highest BCUT2D eigenvalue weighted by Crippen LogP contribution is 2.16. The van der Waals surface area contributed by atoms with Gasteiger partial charge in [0.25, 0.3) is 0 Å². The van der Waals surface area contributed by atoms with Gasteiger partial charge in [-0.25, -0.2) is 0 Å². The van der Waals surface area contributed by atoms with Crippen LogP contribution in [-0.2, 0) is 18.3 Å². The first-order valence-corrected chi connectivity index (χ1v) is 7.66. The first-order valence-electron chi connectivity index (χ1n) is 7.66. The van der Waals surface area contributed by atoms with Gasteiger partial charge in [-0.05, 0) is 36.3 Å². The fourth-order valence-corrected chi connectivity index (χ4v) is 2.33. The second-order valence-corrected chi connectivity index (χ2v) is 5.66. The average molecular weight is 315 g/mol. The van der Waals surface area contributed by atoms with E-state index in [1.165, 1.54) is 0 Å². The van der Waals surface area contributed by atoms with Crippen LogP contribution >= 0.6 is 0 Å². The Morgan fingerprint density at radius 3 is 2.87 bits per heavy atom. The average Bonchev–Trinajstić information content (AvgIpc) is 2.96. The van der Waals surface area contributed by atoms with Gasteiger partial charge in [0.1, 0.15) is 12.4 Å². The maximum Gasteiger partial charge on any atom is 0.120 e. The highest BCUT2D eigenvalue weighted by molar-refractivity contribution is 5.29. The Morgan fingerprint density at radius 2 is 2.22 bits per heavy atom. The molecule has 0 unspecified atom stereocenters. The highest BCUT2D eigenvalue weighted by Gasteiger charge is 2.14. The number of aromatic nitrogens is 2. The zero-order valence-electron chi connectivity index (χ0n) is 14.1. The normalized spacial score (nSPS) is 12.1. The predicted molar refractivity (Wildman–Crippen MR) is 91.4 cm³/mol. The van der Waals surface area contributed by atoms with E-state index in [-0.39, 0.29) is 6.04 Å². The molecule has 0 bridgehead atoms. The molecule has 1 aromatic heterocycles. The maximum atomic E-state index is 5.69. The summed E-state index contributed by atoms with van der Waals surface area (Å²) in [6.45, 7) is 7.66. The van der Waals surface area contributed by atoms with Gasteiger partial charge in [-0.2, -0.15) is 5.10 Å². The summed E-state index contributed by atoms with van der Waals surface area (Å²) in [4.78, 5) is 0. The van der Waals surface area contributed by atoms with Crippen molar-refractivity contribution < 1.29 is 9.47 Å². The van der Waals surface area contributed by atoms with Crippen molar-refractivity contribution in [2.75, 3.05) is 20.3 Å². The van der Waals surface area contributed by atoms with Crippen LogP contribution < -0.4 is 10.1 Å². The van der Waals surface area contributed by atoms with E-state index in [1.807, 2.05) is 42.9 Å². The fraction of sp³-hybridized carbons (Fsp3) is 0.389. The van der Waals surface area contributed by atoms with E-state index < -0.39 is 0 Å². The van der Waals surface area contributed by atoms with Gasteiger partial charge in [0.2, 0.25) is 0 Å². The molecule has 0 saturated heterocycles. The predicted octanol–water partition coefficient (Wildman–Crippen LogP) is 2.85.